The van der Waals surface area contributed by atoms with Gasteiger partial charge in [0, 0.05) is 12.8 Å². The molecule has 3 N–H and O–H groups in total. The van der Waals surface area contributed by atoms with E-state index < -0.39 is 51.8 Å². The van der Waals surface area contributed by atoms with Gasteiger partial charge in [0.1, 0.15) is 12.7 Å². The lowest BCUT2D eigenvalue weighted by molar-refractivity contribution is -0.161. The molecule has 0 aromatic rings. The Morgan fingerprint density at radius 2 is 1.00 bits per heavy atom. The van der Waals surface area contributed by atoms with Crippen LogP contribution in [0.5, 0.6) is 0 Å². The first-order valence-electron chi connectivity index (χ1n) is 20.1. The van der Waals surface area contributed by atoms with Crippen molar-refractivity contribution in [1.82, 2.24) is 0 Å². The van der Waals surface area contributed by atoms with E-state index in [1.807, 2.05) is 0 Å². The summed E-state index contributed by atoms with van der Waals surface area (Å²) in [5, 5.41) is 18.3. The summed E-state index contributed by atoms with van der Waals surface area (Å²) >= 11 is 0. The quantitative estimate of drug-likeness (QED) is 0.0242. The number of hydrogen-bond donors (Lipinski definition) is 3. The van der Waals surface area contributed by atoms with Crippen LogP contribution in [0.2, 0.25) is 0 Å². The molecule has 11 heteroatoms. The largest absolute Gasteiger partial charge is 0.472 e. The monoisotopic (exact) mass is 756 g/mol. The van der Waals surface area contributed by atoms with Crippen molar-refractivity contribution in [2.45, 2.75) is 174 Å². The Bertz CT molecular complexity index is 1010. The fraction of sp³-hybridized carbons (Fsp3) is 0.756. The molecule has 0 saturated heterocycles. The highest BCUT2D eigenvalue weighted by Crippen LogP contribution is 2.43. The van der Waals surface area contributed by atoms with E-state index in [2.05, 4.69) is 67.0 Å². The summed E-state index contributed by atoms with van der Waals surface area (Å²) in [4.78, 5) is 34.9. The lowest BCUT2D eigenvalue weighted by Gasteiger charge is -2.20. The number of phosphoric acid groups is 1. The molecule has 0 radical (unpaired) electrons. The van der Waals surface area contributed by atoms with Crippen LogP contribution in [0.25, 0.3) is 0 Å². The van der Waals surface area contributed by atoms with Crippen molar-refractivity contribution in [3.05, 3.63) is 48.6 Å². The van der Waals surface area contributed by atoms with Gasteiger partial charge < -0.3 is 24.6 Å². The summed E-state index contributed by atoms with van der Waals surface area (Å²) in [5.74, 6) is -0.965. The number of hydrogen-bond acceptors (Lipinski definition) is 9. The van der Waals surface area contributed by atoms with Gasteiger partial charge in [0.05, 0.1) is 19.8 Å². The zero-order valence-electron chi connectivity index (χ0n) is 32.5. The molecule has 0 saturated carbocycles. The highest BCUT2D eigenvalue weighted by Gasteiger charge is 2.27. The summed E-state index contributed by atoms with van der Waals surface area (Å²) in [6.07, 6.45) is 37.9. The topological polar surface area (TPSA) is 149 Å². The molecular weight excluding hydrogens is 683 g/mol. The van der Waals surface area contributed by atoms with Gasteiger partial charge >= 0.3 is 19.8 Å². The standard InChI is InChI=1S/C41H73O10P/c1-3-5-7-9-11-13-15-17-18-19-20-21-23-24-26-28-30-32-40(44)48-36-39(37-50-52(46,47)49-35-38(43)34-42)51-41(45)33-31-29-27-25-22-16-14-12-10-8-6-4-2/h11-14,17-18,20-21,38-39,42-43H,3-10,15-16,19,22-37H2,1-2H3,(H,46,47)/b13-11+,14-12+,18-17+,21-20+/t38-,39+/m1/s1. The van der Waals surface area contributed by atoms with Gasteiger partial charge in [-0.3, -0.25) is 18.6 Å². The Morgan fingerprint density at radius 1 is 0.577 bits per heavy atom. The molecule has 0 aliphatic carbocycles. The fourth-order valence-electron chi connectivity index (χ4n) is 5.05. The molecule has 302 valence electrons. The molecule has 0 fully saturated rings. The molecule has 0 aromatic heterocycles. The number of carbonyl (C=O) groups is 2. The first-order chi connectivity index (χ1) is 25.2. The SMILES string of the molecule is CCCCC/C=C/C/C=C/C/C=C/CCCCCCC(=O)OC[C@@H](COP(=O)(O)OC[C@H](O)CO)OC(=O)CCCCCCC/C=C/CCCCC. The third kappa shape index (κ3) is 36.3. The molecule has 52 heavy (non-hydrogen) atoms. The number of phosphoric ester groups is 1. The van der Waals surface area contributed by atoms with Crippen molar-refractivity contribution in [1.29, 1.82) is 0 Å². The van der Waals surface area contributed by atoms with Crippen LogP contribution in [0.15, 0.2) is 48.6 Å². The molecule has 0 aliphatic rings. The van der Waals surface area contributed by atoms with Gasteiger partial charge in [-0.2, -0.15) is 0 Å². The van der Waals surface area contributed by atoms with Crippen molar-refractivity contribution in [2.75, 3.05) is 26.4 Å². The normalized spacial score (nSPS) is 14.5. The molecule has 10 nitrogen and oxygen atoms in total. The van der Waals surface area contributed by atoms with E-state index in [0.29, 0.717) is 12.8 Å². The van der Waals surface area contributed by atoms with Gasteiger partial charge in [0.25, 0.3) is 0 Å². The Morgan fingerprint density at radius 3 is 1.52 bits per heavy atom. The number of rotatable bonds is 37. The lowest BCUT2D eigenvalue weighted by atomic mass is 10.1. The maximum absolute atomic E-state index is 12.5. The van der Waals surface area contributed by atoms with E-state index >= 15 is 0 Å². The first kappa shape index (κ1) is 49.9. The maximum atomic E-state index is 12.5. The highest BCUT2D eigenvalue weighted by molar-refractivity contribution is 7.47. The van der Waals surface area contributed by atoms with Gasteiger partial charge in [-0.25, -0.2) is 4.57 Å². The number of carbonyl (C=O) groups excluding carboxylic acids is 2. The summed E-state index contributed by atoms with van der Waals surface area (Å²) < 4.78 is 32.6. The minimum Gasteiger partial charge on any atom is -0.462 e. The van der Waals surface area contributed by atoms with Crippen LogP contribution in [0, 0.1) is 0 Å². The van der Waals surface area contributed by atoms with E-state index in [4.69, 9.17) is 19.1 Å². The number of ether oxygens (including phenoxy) is 2. The first-order valence-corrected chi connectivity index (χ1v) is 21.6. The van der Waals surface area contributed by atoms with Crippen LogP contribution in [-0.4, -0.2) is 65.7 Å². The van der Waals surface area contributed by atoms with Crippen molar-refractivity contribution in [3.8, 4) is 0 Å². The molecule has 0 aliphatic heterocycles. The zero-order chi connectivity index (χ0) is 38.4. The zero-order valence-corrected chi connectivity index (χ0v) is 33.4. The average Bonchev–Trinajstić information content (AvgIpc) is 3.13. The van der Waals surface area contributed by atoms with E-state index in [1.165, 1.54) is 44.9 Å². The third-order valence-corrected chi connectivity index (χ3v) is 9.16. The molecular formula is C41H73O10P. The number of aliphatic hydroxyl groups excluding tert-OH is 2. The van der Waals surface area contributed by atoms with Crippen molar-refractivity contribution >= 4 is 19.8 Å². The summed E-state index contributed by atoms with van der Waals surface area (Å²) in [5.41, 5.74) is 0. The third-order valence-electron chi connectivity index (χ3n) is 8.21. The van der Waals surface area contributed by atoms with Gasteiger partial charge in [-0.15, -0.1) is 0 Å². The van der Waals surface area contributed by atoms with E-state index in [-0.39, 0.29) is 19.4 Å². The van der Waals surface area contributed by atoms with Crippen LogP contribution < -0.4 is 0 Å². The van der Waals surface area contributed by atoms with Crippen LogP contribution in [-0.2, 0) is 32.7 Å². The predicted octanol–water partition coefficient (Wildman–Crippen LogP) is 10.2. The molecule has 3 atom stereocenters. The second kappa shape index (κ2) is 37.3. The van der Waals surface area contributed by atoms with E-state index in [0.717, 1.165) is 77.0 Å². The van der Waals surface area contributed by atoms with Gasteiger partial charge in [-0.1, -0.05) is 120 Å². The minimum absolute atomic E-state index is 0.167. The molecule has 0 amide bonds. The van der Waals surface area contributed by atoms with Gasteiger partial charge in [0.15, 0.2) is 6.10 Å². The van der Waals surface area contributed by atoms with E-state index in [1.54, 1.807) is 0 Å². The summed E-state index contributed by atoms with van der Waals surface area (Å²) in [6.45, 7) is 2.27. The van der Waals surface area contributed by atoms with Crippen molar-refractivity contribution in [2.24, 2.45) is 0 Å². The van der Waals surface area contributed by atoms with Gasteiger partial charge in [-0.05, 0) is 77.0 Å². The Balaban J connectivity index is 4.39. The van der Waals surface area contributed by atoms with Gasteiger partial charge in [0.2, 0.25) is 0 Å². The average molecular weight is 757 g/mol. The molecule has 1 unspecified atom stereocenters. The Hall–Kier alpha value is -2.07. The van der Waals surface area contributed by atoms with Crippen molar-refractivity contribution in [3.63, 3.8) is 0 Å². The predicted molar refractivity (Wildman–Crippen MR) is 210 cm³/mol. The second-order valence-electron chi connectivity index (χ2n) is 13.3. The van der Waals surface area contributed by atoms with E-state index in [9.17, 15) is 24.2 Å². The number of aliphatic hydroxyl groups is 2. The molecule has 0 bridgehead atoms. The summed E-state index contributed by atoms with van der Waals surface area (Å²) in [7, 11) is -4.62. The maximum Gasteiger partial charge on any atom is 0.472 e. The molecule has 0 heterocycles. The molecule has 0 spiro atoms. The van der Waals surface area contributed by atoms with Crippen LogP contribution in [0.3, 0.4) is 0 Å². The highest BCUT2D eigenvalue weighted by atomic mass is 31.2. The van der Waals surface area contributed by atoms with Crippen LogP contribution in [0.4, 0.5) is 0 Å². The number of allylic oxidation sites excluding steroid dienone is 8. The second-order valence-corrected chi connectivity index (χ2v) is 14.8. The number of unbranched alkanes of at least 4 members (excludes halogenated alkanes) is 15. The van der Waals surface area contributed by atoms with Crippen molar-refractivity contribution < 1.29 is 47.8 Å². The fourth-order valence-corrected chi connectivity index (χ4v) is 5.84. The van der Waals surface area contributed by atoms with Crippen LogP contribution >= 0.6 is 7.82 Å². The molecule has 0 aromatic carbocycles. The lowest BCUT2D eigenvalue weighted by Crippen LogP contribution is -2.29. The smallest absolute Gasteiger partial charge is 0.462 e. The Kier molecular flexibility index (Phi) is 35.8. The number of esters is 2. The summed E-state index contributed by atoms with van der Waals surface area (Å²) in [6, 6.07) is 0. The Labute approximate surface area is 315 Å². The minimum atomic E-state index is -4.62. The molecule has 0 rings (SSSR count). The van der Waals surface area contributed by atoms with Crippen LogP contribution in [0.1, 0.15) is 162 Å².